The average molecular weight is 554 g/mol. The van der Waals surface area contributed by atoms with Gasteiger partial charge < -0.3 is 24.7 Å². The second kappa shape index (κ2) is 12.2. The number of ether oxygens (including phenoxy) is 2. The third-order valence-electron chi connectivity index (χ3n) is 6.43. The van der Waals surface area contributed by atoms with E-state index in [2.05, 4.69) is 20.6 Å². The van der Waals surface area contributed by atoms with Crippen LogP contribution < -0.4 is 20.9 Å². The van der Waals surface area contributed by atoms with Crippen LogP contribution in [0.5, 0.6) is 5.88 Å². The summed E-state index contributed by atoms with van der Waals surface area (Å²) in [5.74, 6) is -2.55. The van der Waals surface area contributed by atoms with E-state index in [1.54, 1.807) is 24.3 Å². The Labute approximate surface area is 227 Å². The standard InChI is InChI=1S/C28H26F3N5O4/c29-18-5-4-17(23(30)14-18)15-36-16-22(26(37)32-20-10-12-39-13-11-20)27(38)35-28(36)33-19-6-8-21(9-7-19)40-25-3-1-2-24(31)34-25/h1-8,14,16,20-21H,9-13,15H2,(H,32,37)(H,33,35,38). The minimum absolute atomic E-state index is 0.0541. The Morgan fingerprint density at radius 1 is 1.12 bits per heavy atom. The van der Waals surface area contributed by atoms with E-state index in [0.29, 0.717) is 38.2 Å². The molecule has 40 heavy (non-hydrogen) atoms. The number of benzene rings is 1. The van der Waals surface area contributed by atoms with Crippen LogP contribution in [0.25, 0.3) is 0 Å². The molecular weight excluding hydrogens is 527 g/mol. The average Bonchev–Trinajstić information content (AvgIpc) is 2.93. The third-order valence-corrected chi connectivity index (χ3v) is 6.43. The number of carbonyl (C=O) groups excluding carboxylic acids is 1. The lowest BCUT2D eigenvalue weighted by Gasteiger charge is -2.23. The Hall–Kier alpha value is -4.45. The highest BCUT2D eigenvalue weighted by Crippen LogP contribution is 2.20. The lowest BCUT2D eigenvalue weighted by atomic mass is 10.1. The highest BCUT2D eigenvalue weighted by Gasteiger charge is 2.22. The van der Waals surface area contributed by atoms with E-state index in [-0.39, 0.29) is 35.5 Å². The topological polar surface area (TPSA) is 107 Å². The lowest BCUT2D eigenvalue weighted by molar-refractivity contribution is 0.0695. The highest BCUT2D eigenvalue weighted by molar-refractivity contribution is 5.93. The predicted molar refractivity (Wildman–Crippen MR) is 139 cm³/mol. The number of amides is 1. The zero-order chi connectivity index (χ0) is 28.1. The maximum Gasteiger partial charge on any atom is 0.287 e. The van der Waals surface area contributed by atoms with Crippen LogP contribution >= 0.6 is 0 Å². The van der Waals surface area contributed by atoms with Crippen LogP contribution in [0.15, 0.2) is 71.3 Å². The second-order valence-corrected chi connectivity index (χ2v) is 9.34. The molecule has 3 heterocycles. The molecule has 1 fully saturated rings. The summed E-state index contributed by atoms with van der Waals surface area (Å²) in [4.78, 5) is 33.6. The van der Waals surface area contributed by atoms with Crippen molar-refractivity contribution in [3.63, 3.8) is 0 Å². The van der Waals surface area contributed by atoms with E-state index < -0.39 is 35.2 Å². The first-order chi connectivity index (χ1) is 19.3. The monoisotopic (exact) mass is 553 g/mol. The predicted octanol–water partition coefficient (Wildman–Crippen LogP) is 3.72. The molecule has 1 atom stereocenters. The molecule has 0 saturated carbocycles. The number of pyridine rings is 1. The molecule has 2 N–H and O–H groups in total. The fourth-order valence-corrected chi connectivity index (χ4v) is 4.33. The van der Waals surface area contributed by atoms with Crippen molar-refractivity contribution >= 4 is 11.9 Å². The van der Waals surface area contributed by atoms with Crippen LogP contribution in [0, 0.1) is 17.6 Å². The summed E-state index contributed by atoms with van der Waals surface area (Å²) in [6.07, 6.45) is 7.75. The van der Waals surface area contributed by atoms with Gasteiger partial charge in [0, 0.05) is 55.3 Å². The lowest BCUT2D eigenvalue weighted by Crippen LogP contribution is -2.41. The summed E-state index contributed by atoms with van der Waals surface area (Å²) in [7, 11) is 0. The zero-order valence-electron chi connectivity index (χ0n) is 21.3. The zero-order valence-corrected chi connectivity index (χ0v) is 21.3. The summed E-state index contributed by atoms with van der Waals surface area (Å²) in [5.41, 5.74) is -0.271. The molecule has 1 aliphatic heterocycles. The number of allylic oxidation sites excluding steroid dienone is 1. The third kappa shape index (κ3) is 6.75. The van der Waals surface area contributed by atoms with Crippen molar-refractivity contribution in [2.75, 3.05) is 18.5 Å². The van der Waals surface area contributed by atoms with Crippen LogP contribution in [-0.2, 0) is 11.3 Å². The van der Waals surface area contributed by atoms with Crippen LogP contribution in [0.3, 0.4) is 0 Å². The first kappa shape index (κ1) is 27.1. The maximum absolute atomic E-state index is 14.5. The number of carbonyl (C=O) groups is 1. The number of rotatable bonds is 8. The van der Waals surface area contributed by atoms with Gasteiger partial charge in [0.1, 0.15) is 23.3 Å². The Bertz CT molecular complexity index is 1520. The van der Waals surface area contributed by atoms with E-state index in [9.17, 15) is 22.8 Å². The van der Waals surface area contributed by atoms with Crippen molar-refractivity contribution in [1.29, 1.82) is 0 Å². The molecule has 3 aromatic rings. The van der Waals surface area contributed by atoms with Gasteiger partial charge in [-0.25, -0.2) is 8.78 Å². The van der Waals surface area contributed by atoms with Crippen molar-refractivity contribution in [2.24, 2.45) is 0 Å². The first-order valence-electron chi connectivity index (χ1n) is 12.7. The van der Waals surface area contributed by atoms with Crippen molar-refractivity contribution in [3.05, 3.63) is 106 Å². The van der Waals surface area contributed by atoms with Gasteiger partial charge >= 0.3 is 0 Å². The largest absolute Gasteiger partial charge is 0.470 e. The molecule has 1 aromatic carbocycles. The Kier molecular flexibility index (Phi) is 8.25. The van der Waals surface area contributed by atoms with Gasteiger partial charge in [-0.05, 0) is 37.1 Å². The molecule has 2 aliphatic rings. The maximum atomic E-state index is 14.5. The molecule has 5 rings (SSSR count). The van der Waals surface area contributed by atoms with Gasteiger partial charge in [-0.15, -0.1) is 0 Å². The fraction of sp³-hybridized carbons (Fsp3) is 0.286. The minimum atomic E-state index is -0.777. The van der Waals surface area contributed by atoms with Crippen molar-refractivity contribution in [2.45, 2.75) is 38.0 Å². The second-order valence-electron chi connectivity index (χ2n) is 9.34. The molecule has 0 radical (unpaired) electrons. The van der Waals surface area contributed by atoms with E-state index in [4.69, 9.17) is 9.47 Å². The number of aromatic nitrogens is 3. The van der Waals surface area contributed by atoms with Crippen molar-refractivity contribution in [1.82, 2.24) is 19.9 Å². The SMILES string of the molecule is O=C(NC1CCOCC1)c1cn(Cc2ccc(F)cc2F)c(NC2=CCC(Oc3cccc(F)n3)C=C2)nc1=O. The van der Waals surface area contributed by atoms with E-state index in [1.165, 1.54) is 29.0 Å². The van der Waals surface area contributed by atoms with Gasteiger partial charge in [-0.3, -0.25) is 9.59 Å². The van der Waals surface area contributed by atoms with Crippen LogP contribution in [0.2, 0.25) is 0 Å². The number of halogens is 3. The van der Waals surface area contributed by atoms with Crippen LogP contribution in [0.4, 0.5) is 19.1 Å². The smallest absolute Gasteiger partial charge is 0.287 e. The fourth-order valence-electron chi connectivity index (χ4n) is 4.33. The molecule has 0 bridgehead atoms. The molecule has 2 aromatic heterocycles. The molecule has 208 valence electrons. The summed E-state index contributed by atoms with van der Waals surface area (Å²) < 4.78 is 53.8. The minimum Gasteiger partial charge on any atom is -0.470 e. The Balaban J connectivity index is 1.37. The van der Waals surface area contributed by atoms with Gasteiger partial charge in [0.25, 0.3) is 11.5 Å². The van der Waals surface area contributed by atoms with Gasteiger partial charge in [0.15, 0.2) is 0 Å². The summed E-state index contributed by atoms with van der Waals surface area (Å²) in [6, 6.07) is 7.29. The van der Waals surface area contributed by atoms with Gasteiger partial charge in [0.05, 0.1) is 6.54 Å². The van der Waals surface area contributed by atoms with Crippen molar-refractivity contribution in [3.8, 4) is 5.88 Å². The molecule has 1 unspecified atom stereocenters. The Morgan fingerprint density at radius 2 is 1.95 bits per heavy atom. The first-order valence-corrected chi connectivity index (χ1v) is 12.7. The number of nitrogens with zero attached hydrogens (tertiary/aromatic N) is 3. The molecule has 0 spiro atoms. The molecule has 1 aliphatic carbocycles. The van der Waals surface area contributed by atoms with Gasteiger partial charge in [0.2, 0.25) is 17.8 Å². The van der Waals surface area contributed by atoms with Crippen molar-refractivity contribution < 1.29 is 27.4 Å². The normalized spacial score (nSPS) is 17.3. The molecule has 12 heteroatoms. The number of hydrogen-bond acceptors (Lipinski definition) is 7. The number of anilines is 1. The van der Waals surface area contributed by atoms with Crippen LogP contribution in [0.1, 0.15) is 35.2 Å². The molecule has 1 amide bonds. The van der Waals surface area contributed by atoms with Gasteiger partial charge in [-0.2, -0.15) is 14.4 Å². The Morgan fingerprint density at radius 3 is 2.67 bits per heavy atom. The van der Waals surface area contributed by atoms with E-state index >= 15 is 0 Å². The molecule has 1 saturated heterocycles. The number of hydrogen-bond donors (Lipinski definition) is 2. The van der Waals surface area contributed by atoms with Gasteiger partial charge in [-0.1, -0.05) is 18.2 Å². The molecular formula is C28H26F3N5O4. The summed E-state index contributed by atoms with van der Waals surface area (Å²) in [6.45, 7) is 0.883. The summed E-state index contributed by atoms with van der Waals surface area (Å²) in [5, 5.41) is 5.87. The number of nitrogens with one attached hydrogen (secondary N) is 2. The molecule has 9 nitrogen and oxygen atoms in total. The summed E-state index contributed by atoms with van der Waals surface area (Å²) >= 11 is 0. The van der Waals surface area contributed by atoms with E-state index in [0.717, 1.165) is 12.1 Å². The quantitative estimate of drug-likeness (QED) is 0.410. The highest BCUT2D eigenvalue weighted by atomic mass is 19.1. The van der Waals surface area contributed by atoms with Crippen LogP contribution in [-0.4, -0.2) is 45.8 Å². The van der Waals surface area contributed by atoms with E-state index in [1.807, 2.05) is 0 Å².